The molecule has 0 aliphatic carbocycles. The van der Waals surface area contributed by atoms with E-state index >= 15 is 0 Å². The van der Waals surface area contributed by atoms with Gasteiger partial charge in [0.25, 0.3) is 5.91 Å². The Hall–Kier alpha value is -3.41. The van der Waals surface area contributed by atoms with Gasteiger partial charge in [0.2, 0.25) is 0 Å². The lowest BCUT2D eigenvalue weighted by molar-refractivity contribution is -0.894. The first kappa shape index (κ1) is 32.1. The number of ether oxygens (including phenoxy) is 1. The Morgan fingerprint density at radius 1 is 1.12 bits per heavy atom. The average molecular weight is 596 g/mol. The first-order chi connectivity index (χ1) is 19.4. The van der Waals surface area contributed by atoms with Gasteiger partial charge in [-0.05, 0) is 20.8 Å². The van der Waals surface area contributed by atoms with E-state index in [1.807, 2.05) is 0 Å². The Balaban J connectivity index is 0.000000587. The van der Waals surface area contributed by atoms with E-state index in [4.69, 9.17) is 8.92 Å². The third kappa shape index (κ3) is 7.66. The van der Waals surface area contributed by atoms with Crippen molar-refractivity contribution in [3.05, 3.63) is 42.5 Å². The van der Waals surface area contributed by atoms with Gasteiger partial charge >= 0.3 is 10.3 Å². The number of nitrogens with zero attached hydrogens (tertiary/aromatic N) is 5. The van der Waals surface area contributed by atoms with E-state index in [2.05, 4.69) is 35.7 Å². The molecular formula is C25H37N7O8S. The van der Waals surface area contributed by atoms with E-state index in [1.54, 1.807) is 28.6 Å². The molecule has 0 spiro atoms. The number of aliphatic hydroxyl groups excluding tert-OH is 2. The fourth-order valence-electron chi connectivity index (χ4n) is 4.21. The average Bonchev–Trinajstić information content (AvgIpc) is 3.49. The topological polar surface area (TPSA) is 196 Å². The number of nitrogens with one attached hydrogen (secondary N) is 2. The fourth-order valence-corrected chi connectivity index (χ4v) is 4.92. The maximum absolute atomic E-state index is 12.2. The van der Waals surface area contributed by atoms with Gasteiger partial charge in [0.15, 0.2) is 23.2 Å². The summed E-state index contributed by atoms with van der Waals surface area (Å²) in [6.45, 7) is 9.76. The molecule has 15 nitrogen and oxygen atoms in total. The molecule has 4 N–H and O–H groups in total. The molecule has 1 fully saturated rings. The summed E-state index contributed by atoms with van der Waals surface area (Å²) in [6, 6.07) is 5.08. The number of carbonyl (C=O) groups excluding carboxylic acids is 1. The van der Waals surface area contributed by atoms with E-state index in [9.17, 15) is 28.5 Å². The summed E-state index contributed by atoms with van der Waals surface area (Å²) in [4.78, 5) is 28.0. The number of para-hydroxylation sites is 1. The lowest BCUT2D eigenvalue weighted by Crippen LogP contribution is -3.11. The van der Waals surface area contributed by atoms with Crippen LogP contribution < -0.4 is 19.6 Å². The highest BCUT2D eigenvalue weighted by molar-refractivity contribution is 7.85. The Morgan fingerprint density at radius 2 is 1.78 bits per heavy atom. The Bertz CT molecular complexity index is 1410. The Morgan fingerprint density at radius 3 is 2.37 bits per heavy atom. The predicted octanol–water partition coefficient (Wildman–Crippen LogP) is -1.79. The fraction of sp³-hybridized carbons (Fsp3) is 0.520. The van der Waals surface area contributed by atoms with Crippen LogP contribution in [0, 0.1) is 0 Å². The van der Waals surface area contributed by atoms with Crippen LogP contribution in [0.15, 0.2) is 36.9 Å². The Labute approximate surface area is 238 Å². The minimum absolute atomic E-state index is 0.327. The van der Waals surface area contributed by atoms with E-state index in [1.165, 1.54) is 55.1 Å². The molecule has 1 saturated heterocycles. The maximum atomic E-state index is 12.2. The summed E-state index contributed by atoms with van der Waals surface area (Å²) < 4.78 is 37.7. The summed E-state index contributed by atoms with van der Waals surface area (Å²) >= 11 is 0. The van der Waals surface area contributed by atoms with Crippen LogP contribution in [-0.4, -0.2) is 103 Å². The van der Waals surface area contributed by atoms with Crippen LogP contribution in [-0.2, 0) is 19.2 Å². The molecule has 2 aromatic heterocycles. The van der Waals surface area contributed by atoms with Crippen molar-refractivity contribution >= 4 is 33.2 Å². The lowest BCUT2D eigenvalue weighted by Gasteiger charge is -2.17. The standard InChI is InChI=1S/C19H22N6O8S.C6H15N/c1-24(2)16-13-17(21-8-20-16)25(9-22-13)19-15(28)14(27)12(33-19)7-32-34(30,31)23-18(29)10-5-3-4-6-11(10)26;1-4-7(5-2)6-3/h3-6,8-9,12,14-15,19,26-28H,7H2,1-2H3,(H,23,29);4-6H2,1-3H3/t12-,14-,15-,19-;/m1./s1. The van der Waals surface area contributed by atoms with Crippen molar-refractivity contribution in [1.29, 1.82) is 0 Å². The van der Waals surface area contributed by atoms with Gasteiger partial charge in [0.05, 0.1) is 32.6 Å². The number of rotatable bonds is 10. The van der Waals surface area contributed by atoms with Crippen LogP contribution >= 0.6 is 0 Å². The summed E-state index contributed by atoms with van der Waals surface area (Å²) in [7, 11) is -1.11. The first-order valence-corrected chi connectivity index (χ1v) is 14.5. The highest BCUT2D eigenvalue weighted by Gasteiger charge is 2.45. The van der Waals surface area contributed by atoms with Crippen LogP contribution in [0.25, 0.3) is 11.2 Å². The number of amides is 1. The molecule has 226 valence electrons. The van der Waals surface area contributed by atoms with Crippen LogP contribution in [0.2, 0.25) is 0 Å². The zero-order valence-electron chi connectivity index (χ0n) is 23.6. The van der Waals surface area contributed by atoms with Crippen molar-refractivity contribution in [2.75, 3.05) is 45.2 Å². The van der Waals surface area contributed by atoms with Gasteiger partial charge in [-0.3, -0.25) is 13.5 Å². The number of aromatic nitrogens is 4. The quantitative estimate of drug-likeness (QED) is 0.206. The van der Waals surface area contributed by atoms with Gasteiger partial charge in [0.1, 0.15) is 24.6 Å². The summed E-state index contributed by atoms with van der Waals surface area (Å²) in [5.41, 5.74) is 0.377. The van der Waals surface area contributed by atoms with Crippen LogP contribution in [0.1, 0.15) is 37.4 Å². The summed E-state index contributed by atoms with van der Waals surface area (Å²) in [5, 5.41) is 32.6. The number of benzene rings is 1. The Kier molecular flexibility index (Phi) is 10.9. The van der Waals surface area contributed by atoms with E-state index in [0.717, 1.165) is 6.07 Å². The van der Waals surface area contributed by atoms with Crippen molar-refractivity contribution < 1.29 is 42.4 Å². The molecule has 4 rings (SSSR count). The first-order valence-electron chi connectivity index (χ1n) is 13.1. The molecular weight excluding hydrogens is 558 g/mol. The summed E-state index contributed by atoms with van der Waals surface area (Å²) in [5.74, 6) is -1.31. The highest BCUT2D eigenvalue weighted by atomic mass is 32.2. The smallest absolute Gasteiger partial charge is 0.362 e. The van der Waals surface area contributed by atoms with Gasteiger partial charge in [-0.1, -0.05) is 30.0 Å². The van der Waals surface area contributed by atoms with Gasteiger partial charge in [-0.25, -0.2) is 19.7 Å². The molecule has 4 atom stereocenters. The SMILES string of the molecule is CC[NH+](CC)CC.CN(C)c1ncnc2c1ncn2[C@@H]1O[C@H](COS(=O)(=O)NC(=O)c2ccccc2[O-])[C@@H](O)[C@H]1O. The molecule has 1 aromatic carbocycles. The number of fused-ring (bicyclic) bond motifs is 1. The van der Waals surface area contributed by atoms with Gasteiger partial charge in [-0.15, -0.1) is 0 Å². The van der Waals surface area contributed by atoms with Crippen molar-refractivity contribution in [3.8, 4) is 5.75 Å². The maximum Gasteiger partial charge on any atom is 0.362 e. The molecule has 41 heavy (non-hydrogen) atoms. The second-order valence-corrected chi connectivity index (χ2v) is 10.8. The minimum atomic E-state index is -4.65. The second kappa shape index (κ2) is 14.0. The van der Waals surface area contributed by atoms with Gasteiger partial charge in [0, 0.05) is 19.7 Å². The lowest BCUT2D eigenvalue weighted by atomic mass is 10.1. The van der Waals surface area contributed by atoms with Crippen molar-refractivity contribution in [1.82, 2.24) is 24.2 Å². The van der Waals surface area contributed by atoms with Gasteiger partial charge in [-0.2, -0.15) is 8.42 Å². The third-order valence-electron chi connectivity index (χ3n) is 6.61. The number of imidazole rings is 1. The number of quaternary nitrogens is 1. The molecule has 1 aliphatic heterocycles. The van der Waals surface area contributed by atoms with E-state index < -0.39 is 53.1 Å². The molecule has 0 unspecified atom stereocenters. The number of anilines is 1. The predicted molar refractivity (Wildman–Crippen MR) is 146 cm³/mol. The summed E-state index contributed by atoms with van der Waals surface area (Å²) in [6.07, 6.45) is -2.75. The zero-order valence-corrected chi connectivity index (χ0v) is 24.4. The van der Waals surface area contributed by atoms with Crippen LogP contribution in [0.3, 0.4) is 0 Å². The van der Waals surface area contributed by atoms with Gasteiger partial charge < -0.3 is 29.9 Å². The number of hydrogen-bond donors (Lipinski definition) is 4. The zero-order chi connectivity index (χ0) is 30.3. The second-order valence-electron chi connectivity index (χ2n) is 9.44. The normalized spacial score (nSPS) is 20.6. The molecule has 3 heterocycles. The minimum Gasteiger partial charge on any atom is -0.872 e. The number of hydrogen-bond acceptors (Lipinski definition) is 12. The van der Waals surface area contributed by atoms with Crippen molar-refractivity contribution in [2.45, 2.75) is 45.3 Å². The molecule has 0 bridgehead atoms. The van der Waals surface area contributed by atoms with Crippen molar-refractivity contribution in [3.63, 3.8) is 0 Å². The van der Waals surface area contributed by atoms with Crippen molar-refractivity contribution in [2.24, 2.45) is 0 Å². The third-order valence-corrected chi connectivity index (χ3v) is 7.49. The van der Waals surface area contributed by atoms with Crippen LogP contribution in [0.5, 0.6) is 5.75 Å². The highest BCUT2D eigenvalue weighted by Crippen LogP contribution is 2.32. The molecule has 3 aromatic rings. The van der Waals surface area contributed by atoms with Crippen LogP contribution in [0.4, 0.5) is 5.82 Å². The molecule has 1 amide bonds. The van der Waals surface area contributed by atoms with E-state index in [0.29, 0.717) is 17.0 Å². The molecule has 1 aliphatic rings. The molecule has 0 saturated carbocycles. The van der Waals surface area contributed by atoms with E-state index in [-0.39, 0.29) is 5.56 Å². The number of carbonyl (C=O) groups is 1. The largest absolute Gasteiger partial charge is 0.872 e. The number of aliphatic hydroxyl groups is 2. The molecule has 0 radical (unpaired) electrons. The monoisotopic (exact) mass is 595 g/mol. The molecule has 16 heteroatoms.